The van der Waals surface area contributed by atoms with Crippen molar-refractivity contribution in [2.45, 2.75) is 122 Å². The number of hydrogen-bond acceptors (Lipinski definition) is 9. The van der Waals surface area contributed by atoms with E-state index >= 15 is 0 Å². The van der Waals surface area contributed by atoms with E-state index in [1.54, 1.807) is 12.2 Å². The topological polar surface area (TPSA) is 155 Å². The summed E-state index contributed by atoms with van der Waals surface area (Å²) in [5.41, 5.74) is 5.32. The number of carbonyl (C=O) groups is 2. The molecule has 0 aromatic rings. The molecule has 0 saturated heterocycles. The molecular weight excluding hydrogens is 705 g/mol. The molecule has 2 unspecified atom stereocenters. The molecule has 0 aliphatic rings. The van der Waals surface area contributed by atoms with Crippen LogP contribution < -0.4 is 5.73 Å². The van der Waals surface area contributed by atoms with Crippen molar-refractivity contribution in [3.05, 3.63) is 109 Å². The number of allylic oxidation sites excluding steroid dienone is 17. The van der Waals surface area contributed by atoms with Crippen LogP contribution in [0, 0.1) is 0 Å². The third-order valence-electron chi connectivity index (χ3n) is 7.26. The van der Waals surface area contributed by atoms with Crippen molar-refractivity contribution >= 4 is 19.8 Å². The van der Waals surface area contributed by atoms with Gasteiger partial charge >= 0.3 is 19.8 Å². The van der Waals surface area contributed by atoms with Crippen molar-refractivity contribution in [3.63, 3.8) is 0 Å². The van der Waals surface area contributed by atoms with Gasteiger partial charge in [0, 0.05) is 19.4 Å². The molecule has 11 heteroatoms. The molecule has 304 valence electrons. The number of aliphatic hydroxyl groups excluding tert-OH is 1. The molecule has 0 heterocycles. The Balaban J connectivity index is 4.53. The largest absolute Gasteiger partial charge is 0.472 e. The predicted octanol–water partition coefficient (Wildman–Crippen LogP) is 9.79. The van der Waals surface area contributed by atoms with Gasteiger partial charge < -0.3 is 25.2 Å². The molecule has 0 aromatic heterocycles. The van der Waals surface area contributed by atoms with Crippen molar-refractivity contribution in [2.24, 2.45) is 5.73 Å². The summed E-state index contributed by atoms with van der Waals surface area (Å²) >= 11 is 0. The monoisotopic (exact) mass is 773 g/mol. The van der Waals surface area contributed by atoms with Gasteiger partial charge in [0.2, 0.25) is 0 Å². The average molecular weight is 774 g/mol. The highest BCUT2D eigenvalue weighted by Gasteiger charge is 2.26. The highest BCUT2D eigenvalue weighted by atomic mass is 31.2. The van der Waals surface area contributed by atoms with Crippen LogP contribution in [0.5, 0.6) is 0 Å². The van der Waals surface area contributed by atoms with E-state index in [1.807, 2.05) is 12.2 Å². The number of esters is 2. The van der Waals surface area contributed by atoms with Crippen LogP contribution in [0.25, 0.3) is 0 Å². The number of ether oxygens (including phenoxy) is 2. The maximum Gasteiger partial charge on any atom is 0.472 e. The molecule has 54 heavy (non-hydrogen) atoms. The van der Waals surface area contributed by atoms with Crippen LogP contribution in [0.3, 0.4) is 0 Å². The van der Waals surface area contributed by atoms with E-state index in [-0.39, 0.29) is 32.6 Å². The van der Waals surface area contributed by atoms with Crippen LogP contribution >= 0.6 is 7.82 Å². The van der Waals surface area contributed by atoms with Gasteiger partial charge in [-0.25, -0.2) is 4.57 Å². The molecule has 0 bridgehead atoms. The van der Waals surface area contributed by atoms with Gasteiger partial charge in [0.05, 0.1) is 19.3 Å². The minimum absolute atomic E-state index is 0.0106. The lowest BCUT2D eigenvalue weighted by Gasteiger charge is -2.20. The molecule has 0 fully saturated rings. The van der Waals surface area contributed by atoms with Crippen LogP contribution in [0.4, 0.5) is 0 Å². The molecule has 3 atom stereocenters. The van der Waals surface area contributed by atoms with Crippen molar-refractivity contribution in [2.75, 3.05) is 26.4 Å². The first-order chi connectivity index (χ1) is 26.2. The lowest BCUT2D eigenvalue weighted by molar-refractivity contribution is -0.161. The number of nitrogens with two attached hydrogens (primary N) is 1. The quantitative estimate of drug-likeness (QED) is 0.0189. The second-order valence-electron chi connectivity index (χ2n) is 12.2. The summed E-state index contributed by atoms with van der Waals surface area (Å²) in [6.45, 7) is 3.18. The Kier molecular flexibility index (Phi) is 35.6. The predicted molar refractivity (Wildman–Crippen MR) is 220 cm³/mol. The molecule has 0 aliphatic heterocycles. The second kappa shape index (κ2) is 37.9. The summed E-state index contributed by atoms with van der Waals surface area (Å²) in [4.78, 5) is 34.8. The molecule has 10 nitrogen and oxygen atoms in total. The fourth-order valence-electron chi connectivity index (χ4n) is 4.42. The number of hydrogen-bond donors (Lipinski definition) is 3. The summed E-state index contributed by atoms with van der Waals surface area (Å²) in [6.07, 6.45) is 45.9. The third-order valence-corrected chi connectivity index (χ3v) is 8.24. The fourth-order valence-corrected chi connectivity index (χ4v) is 5.18. The van der Waals surface area contributed by atoms with Crippen molar-refractivity contribution < 1.29 is 42.7 Å². The van der Waals surface area contributed by atoms with Crippen LogP contribution in [-0.4, -0.2) is 60.5 Å². The first kappa shape index (κ1) is 50.6. The van der Waals surface area contributed by atoms with Gasteiger partial charge in [0.1, 0.15) is 6.61 Å². The van der Waals surface area contributed by atoms with E-state index in [1.165, 1.54) is 0 Å². The number of carbonyl (C=O) groups excluding carboxylic acids is 2. The van der Waals surface area contributed by atoms with E-state index in [4.69, 9.17) is 24.3 Å². The number of aliphatic hydroxyl groups is 1. The Bertz CT molecular complexity index is 1260. The van der Waals surface area contributed by atoms with Crippen molar-refractivity contribution in [3.8, 4) is 0 Å². The Morgan fingerprint density at radius 1 is 0.648 bits per heavy atom. The SMILES string of the molecule is CC/C=C\C/C=C\C/C=C\C/C=C\C=C\C(O)CCCC(=O)O[C@H](COC(=O)CCCC/C=C\C/C=C\C/C=C\C/C=C\CC)COP(=O)(O)OCCN. The summed E-state index contributed by atoms with van der Waals surface area (Å²) < 4.78 is 32.5. The Hall–Kier alpha value is -3.37. The molecule has 4 N–H and O–H groups in total. The van der Waals surface area contributed by atoms with Crippen LogP contribution in [-0.2, 0) is 32.7 Å². The van der Waals surface area contributed by atoms with Crippen LogP contribution in [0.15, 0.2) is 109 Å². The average Bonchev–Trinajstić information content (AvgIpc) is 3.15. The van der Waals surface area contributed by atoms with Crippen LogP contribution in [0.1, 0.15) is 110 Å². The number of unbranched alkanes of at least 4 members (excludes halogenated alkanes) is 2. The second-order valence-corrected chi connectivity index (χ2v) is 13.7. The normalized spacial score (nSPS) is 15.1. The van der Waals surface area contributed by atoms with Crippen molar-refractivity contribution in [1.29, 1.82) is 0 Å². The highest BCUT2D eigenvalue weighted by Crippen LogP contribution is 2.43. The smallest absolute Gasteiger partial charge is 0.462 e. The van der Waals surface area contributed by atoms with Gasteiger partial charge in [-0.05, 0) is 83.5 Å². The maximum atomic E-state index is 12.6. The van der Waals surface area contributed by atoms with E-state index in [0.29, 0.717) is 19.3 Å². The lowest BCUT2D eigenvalue weighted by Crippen LogP contribution is -2.29. The first-order valence-corrected chi connectivity index (χ1v) is 21.0. The maximum absolute atomic E-state index is 12.6. The zero-order valence-corrected chi connectivity index (χ0v) is 33.7. The molecule has 0 rings (SSSR count). The summed E-state index contributed by atoms with van der Waals surface area (Å²) in [6, 6.07) is 0. The van der Waals surface area contributed by atoms with Gasteiger partial charge in [-0.1, -0.05) is 123 Å². The molecule has 0 aromatic carbocycles. The molecular formula is C43H68NO9P. The van der Waals surface area contributed by atoms with E-state index in [9.17, 15) is 24.2 Å². The van der Waals surface area contributed by atoms with Gasteiger partial charge in [-0.15, -0.1) is 0 Å². The lowest BCUT2D eigenvalue weighted by atomic mass is 10.1. The summed E-state index contributed by atoms with van der Waals surface area (Å²) in [5, 5.41) is 10.2. The standard InChI is InChI=1S/C43H68NO9P/c1-3-5-7-9-11-13-15-17-18-20-22-24-26-28-30-34-42(46)50-38-41(39-52-54(48,49)51-37-36-44)53-43(47)35-31-33-40(45)32-29-27-25-23-21-19-16-14-12-10-8-6-4-2/h5-8,11-14,17-19,21-22,24-25,27,29,32,40-41,45H,3-4,9-10,15-16,20,23,26,28,30-31,33-39,44H2,1-2H3,(H,48,49)/b7-5-,8-6-,13-11-,14-12-,18-17-,21-19-,24-22-,27-25-,32-29+/t40?,41-/m1/s1. The minimum Gasteiger partial charge on any atom is -0.462 e. The molecule has 0 spiro atoms. The Morgan fingerprint density at radius 3 is 1.72 bits per heavy atom. The zero-order chi connectivity index (χ0) is 39.8. The number of phosphoric acid groups is 1. The van der Waals surface area contributed by atoms with Gasteiger partial charge in [-0.3, -0.25) is 18.6 Å². The van der Waals surface area contributed by atoms with E-state index in [2.05, 4.69) is 98.9 Å². The molecule has 0 amide bonds. The molecule has 0 aliphatic carbocycles. The van der Waals surface area contributed by atoms with Crippen molar-refractivity contribution in [1.82, 2.24) is 0 Å². The molecule has 0 radical (unpaired) electrons. The van der Waals surface area contributed by atoms with Gasteiger partial charge in [0.25, 0.3) is 0 Å². The van der Waals surface area contributed by atoms with E-state index < -0.39 is 38.6 Å². The van der Waals surface area contributed by atoms with Gasteiger partial charge in [0.15, 0.2) is 6.10 Å². The zero-order valence-electron chi connectivity index (χ0n) is 32.8. The first-order valence-electron chi connectivity index (χ1n) is 19.5. The van der Waals surface area contributed by atoms with E-state index in [0.717, 1.165) is 64.2 Å². The fraction of sp³-hybridized carbons (Fsp3) is 0.535. The summed E-state index contributed by atoms with van der Waals surface area (Å²) in [5.74, 6) is -1.10. The van der Waals surface area contributed by atoms with Gasteiger partial charge in [-0.2, -0.15) is 0 Å². The Morgan fingerprint density at radius 2 is 1.17 bits per heavy atom. The number of rotatable bonds is 34. The third kappa shape index (κ3) is 37.0. The minimum atomic E-state index is -4.45. The molecule has 0 saturated carbocycles. The number of phosphoric ester groups is 1. The Labute approximate surface area is 325 Å². The highest BCUT2D eigenvalue weighted by molar-refractivity contribution is 7.47. The van der Waals surface area contributed by atoms with Crippen LogP contribution in [0.2, 0.25) is 0 Å². The summed E-state index contributed by atoms with van der Waals surface area (Å²) in [7, 11) is -4.45.